The van der Waals surface area contributed by atoms with Gasteiger partial charge in [-0.3, -0.25) is 0 Å². The molecule has 2 aromatic rings. The number of aromatic nitrogens is 1. The molecule has 0 aliphatic heterocycles. The smallest absolute Gasteiger partial charge is 0.216 e. The molecule has 2 N–H and O–H groups in total. The molecule has 0 saturated carbocycles. The van der Waals surface area contributed by atoms with Gasteiger partial charge in [-0.15, -0.1) is 0 Å². The second-order valence-corrected chi connectivity index (χ2v) is 3.17. The Balaban J connectivity index is 2.24. The van der Waals surface area contributed by atoms with E-state index >= 15 is 0 Å². The van der Waals surface area contributed by atoms with Crippen molar-refractivity contribution in [3.05, 3.63) is 42.6 Å². The van der Waals surface area contributed by atoms with E-state index < -0.39 is 0 Å². The summed E-state index contributed by atoms with van der Waals surface area (Å²) in [5.74, 6) is 1.77. The van der Waals surface area contributed by atoms with Gasteiger partial charge in [0.25, 0.3) is 0 Å². The van der Waals surface area contributed by atoms with E-state index in [-0.39, 0.29) is 0 Å². The highest BCUT2D eigenvalue weighted by Crippen LogP contribution is 2.27. The number of nitrogens with two attached hydrogens (primary N) is 1. The van der Waals surface area contributed by atoms with Crippen molar-refractivity contribution in [3.63, 3.8) is 0 Å². The van der Waals surface area contributed by atoms with Crippen molar-refractivity contribution in [2.24, 2.45) is 0 Å². The van der Waals surface area contributed by atoms with Crippen LogP contribution in [0.15, 0.2) is 42.6 Å². The van der Waals surface area contributed by atoms with Gasteiger partial charge in [-0.1, -0.05) is 12.1 Å². The number of methoxy groups -OCH3 is 1. The molecule has 4 heteroatoms. The van der Waals surface area contributed by atoms with Crippen molar-refractivity contribution >= 4 is 5.69 Å². The molecule has 0 amide bonds. The van der Waals surface area contributed by atoms with Crippen molar-refractivity contribution in [1.29, 1.82) is 0 Å². The lowest BCUT2D eigenvalue weighted by molar-refractivity contribution is 0.392. The van der Waals surface area contributed by atoms with Crippen LogP contribution in [0.2, 0.25) is 0 Å². The van der Waals surface area contributed by atoms with E-state index in [4.69, 9.17) is 15.2 Å². The lowest BCUT2D eigenvalue weighted by Crippen LogP contribution is -1.92. The first-order valence-corrected chi connectivity index (χ1v) is 4.82. The number of nitrogens with zero attached hydrogens (tertiary/aromatic N) is 1. The van der Waals surface area contributed by atoms with Crippen LogP contribution in [0, 0.1) is 0 Å². The summed E-state index contributed by atoms with van der Waals surface area (Å²) in [5.41, 5.74) is 6.36. The van der Waals surface area contributed by atoms with Crippen LogP contribution in [0.25, 0.3) is 0 Å². The SMILES string of the molecule is COc1cc(Oc2ccccc2N)ccn1. The van der Waals surface area contributed by atoms with Crippen LogP contribution in [-0.4, -0.2) is 12.1 Å². The number of hydrogen-bond acceptors (Lipinski definition) is 4. The standard InChI is InChI=1S/C12H12N2O2/c1-15-12-8-9(6-7-14-12)16-11-5-3-2-4-10(11)13/h2-8H,13H2,1H3. The third kappa shape index (κ3) is 2.23. The molecular formula is C12H12N2O2. The Morgan fingerprint density at radius 3 is 2.75 bits per heavy atom. The largest absolute Gasteiger partial charge is 0.481 e. The van der Waals surface area contributed by atoms with Gasteiger partial charge in [-0.05, 0) is 18.2 Å². The topological polar surface area (TPSA) is 57.4 Å². The minimum absolute atomic E-state index is 0.506. The normalized spacial score (nSPS) is 9.81. The fourth-order valence-electron chi connectivity index (χ4n) is 1.27. The number of hydrogen-bond donors (Lipinski definition) is 1. The van der Waals surface area contributed by atoms with Crippen LogP contribution in [0.4, 0.5) is 5.69 Å². The van der Waals surface area contributed by atoms with Crippen molar-refractivity contribution in [2.45, 2.75) is 0 Å². The van der Waals surface area contributed by atoms with Crippen molar-refractivity contribution in [3.8, 4) is 17.4 Å². The number of anilines is 1. The van der Waals surface area contributed by atoms with E-state index in [0.29, 0.717) is 23.1 Å². The molecular weight excluding hydrogens is 204 g/mol. The summed E-state index contributed by atoms with van der Waals surface area (Å²) in [6.07, 6.45) is 1.62. The maximum atomic E-state index is 5.77. The Morgan fingerprint density at radius 2 is 2.00 bits per heavy atom. The summed E-state index contributed by atoms with van der Waals surface area (Å²) in [6, 6.07) is 10.8. The lowest BCUT2D eigenvalue weighted by Gasteiger charge is -2.08. The first-order valence-electron chi connectivity index (χ1n) is 4.82. The number of benzene rings is 1. The third-order valence-electron chi connectivity index (χ3n) is 2.06. The maximum Gasteiger partial charge on any atom is 0.216 e. The molecule has 0 fully saturated rings. The average molecular weight is 216 g/mol. The van der Waals surface area contributed by atoms with Crippen LogP contribution in [-0.2, 0) is 0 Å². The first-order chi connectivity index (χ1) is 7.79. The van der Waals surface area contributed by atoms with E-state index in [1.807, 2.05) is 18.2 Å². The van der Waals surface area contributed by atoms with Gasteiger partial charge in [-0.2, -0.15) is 0 Å². The first kappa shape index (κ1) is 10.3. The van der Waals surface area contributed by atoms with Crippen LogP contribution in [0.5, 0.6) is 17.4 Å². The van der Waals surface area contributed by atoms with Gasteiger partial charge in [0.1, 0.15) is 11.5 Å². The average Bonchev–Trinajstić information content (AvgIpc) is 2.32. The van der Waals surface area contributed by atoms with Crippen LogP contribution in [0.1, 0.15) is 0 Å². The van der Waals surface area contributed by atoms with Gasteiger partial charge in [0.05, 0.1) is 12.8 Å². The Bertz CT molecular complexity index is 486. The molecule has 2 rings (SSSR count). The van der Waals surface area contributed by atoms with Gasteiger partial charge in [0.15, 0.2) is 0 Å². The molecule has 16 heavy (non-hydrogen) atoms. The zero-order chi connectivity index (χ0) is 11.4. The summed E-state index contributed by atoms with van der Waals surface area (Å²) in [5, 5.41) is 0. The highest BCUT2D eigenvalue weighted by molar-refractivity contribution is 5.53. The summed E-state index contributed by atoms with van der Waals surface area (Å²) < 4.78 is 10.6. The number of para-hydroxylation sites is 2. The zero-order valence-corrected chi connectivity index (χ0v) is 8.88. The molecule has 1 aromatic heterocycles. The second-order valence-electron chi connectivity index (χ2n) is 3.17. The van der Waals surface area contributed by atoms with Gasteiger partial charge in [-0.25, -0.2) is 4.98 Å². The lowest BCUT2D eigenvalue weighted by atomic mass is 10.3. The van der Waals surface area contributed by atoms with Crippen molar-refractivity contribution in [2.75, 3.05) is 12.8 Å². The van der Waals surface area contributed by atoms with E-state index in [0.717, 1.165) is 0 Å². The fraction of sp³-hybridized carbons (Fsp3) is 0.0833. The molecule has 0 aliphatic carbocycles. The molecule has 82 valence electrons. The molecule has 1 heterocycles. The number of ether oxygens (including phenoxy) is 2. The molecule has 0 saturated heterocycles. The minimum Gasteiger partial charge on any atom is -0.481 e. The molecule has 1 aromatic carbocycles. The van der Waals surface area contributed by atoms with Gasteiger partial charge < -0.3 is 15.2 Å². The molecule has 0 bridgehead atoms. The Kier molecular flexibility index (Phi) is 2.91. The Hall–Kier alpha value is -2.23. The minimum atomic E-state index is 0.506. The van der Waals surface area contributed by atoms with Crippen molar-refractivity contribution < 1.29 is 9.47 Å². The van der Waals surface area contributed by atoms with Gasteiger partial charge in [0, 0.05) is 12.3 Å². The molecule has 0 unspecified atom stereocenters. The van der Waals surface area contributed by atoms with Crippen LogP contribution < -0.4 is 15.2 Å². The van der Waals surface area contributed by atoms with E-state index in [1.165, 1.54) is 0 Å². The number of pyridine rings is 1. The quantitative estimate of drug-likeness (QED) is 0.801. The second kappa shape index (κ2) is 4.53. The Labute approximate surface area is 93.6 Å². The summed E-state index contributed by atoms with van der Waals surface area (Å²) in [7, 11) is 1.56. The monoisotopic (exact) mass is 216 g/mol. The highest BCUT2D eigenvalue weighted by Gasteiger charge is 2.02. The fourth-order valence-corrected chi connectivity index (χ4v) is 1.27. The zero-order valence-electron chi connectivity index (χ0n) is 8.88. The molecule has 4 nitrogen and oxygen atoms in total. The highest BCUT2D eigenvalue weighted by atomic mass is 16.5. The summed E-state index contributed by atoms with van der Waals surface area (Å²) >= 11 is 0. The van der Waals surface area contributed by atoms with Crippen LogP contribution >= 0.6 is 0 Å². The summed E-state index contributed by atoms with van der Waals surface area (Å²) in [6.45, 7) is 0. The number of rotatable bonds is 3. The maximum absolute atomic E-state index is 5.77. The van der Waals surface area contributed by atoms with E-state index in [9.17, 15) is 0 Å². The molecule has 0 atom stereocenters. The van der Waals surface area contributed by atoms with Gasteiger partial charge in [0.2, 0.25) is 5.88 Å². The van der Waals surface area contributed by atoms with Gasteiger partial charge >= 0.3 is 0 Å². The van der Waals surface area contributed by atoms with Crippen LogP contribution in [0.3, 0.4) is 0 Å². The molecule has 0 spiro atoms. The van der Waals surface area contributed by atoms with E-state index in [2.05, 4.69) is 4.98 Å². The third-order valence-corrected chi connectivity index (χ3v) is 2.06. The number of nitrogen functional groups attached to an aromatic ring is 1. The summed E-state index contributed by atoms with van der Waals surface area (Å²) in [4.78, 5) is 3.99. The predicted octanol–water partition coefficient (Wildman–Crippen LogP) is 2.46. The molecule has 0 aliphatic rings. The van der Waals surface area contributed by atoms with E-state index in [1.54, 1.807) is 31.5 Å². The molecule has 0 radical (unpaired) electrons. The Morgan fingerprint density at radius 1 is 1.19 bits per heavy atom. The predicted molar refractivity (Wildman–Crippen MR) is 61.7 cm³/mol. The van der Waals surface area contributed by atoms with Crippen molar-refractivity contribution in [1.82, 2.24) is 4.98 Å².